The monoisotopic (exact) mass is 326 g/mol. The van der Waals surface area contributed by atoms with Crippen LogP contribution in [-0.2, 0) is 18.4 Å². The fourth-order valence-corrected chi connectivity index (χ4v) is 4.38. The lowest BCUT2D eigenvalue weighted by molar-refractivity contribution is -0.135. The van der Waals surface area contributed by atoms with Gasteiger partial charge in [0.1, 0.15) is 5.82 Å². The smallest absolute Gasteiger partial charge is 0.230 e. The van der Waals surface area contributed by atoms with E-state index in [1.807, 2.05) is 6.07 Å². The minimum Gasteiger partial charge on any atom is -0.342 e. The molecule has 1 aromatic carbocycles. The third kappa shape index (κ3) is 2.42. The molecule has 0 aliphatic carbocycles. The van der Waals surface area contributed by atoms with E-state index < -0.39 is 0 Å². The zero-order valence-electron chi connectivity index (χ0n) is 14.7. The van der Waals surface area contributed by atoms with Crippen LogP contribution in [0, 0.1) is 5.41 Å². The average molecular weight is 326 g/mol. The molecule has 2 aromatic rings. The number of likely N-dealkylation sites (tertiary alicyclic amines) is 2. The first-order valence-electron chi connectivity index (χ1n) is 9.05. The molecule has 0 bridgehead atoms. The number of benzene rings is 1. The second-order valence-corrected chi connectivity index (χ2v) is 7.36. The third-order valence-electron chi connectivity index (χ3n) is 5.77. The highest BCUT2D eigenvalue weighted by Gasteiger charge is 2.50. The predicted octanol–water partition coefficient (Wildman–Crippen LogP) is 2.41. The largest absolute Gasteiger partial charge is 0.342 e. The molecule has 3 heterocycles. The summed E-state index contributed by atoms with van der Waals surface area (Å²) in [5.74, 6) is 1.47. The van der Waals surface area contributed by atoms with E-state index in [4.69, 9.17) is 4.98 Å². The average Bonchev–Trinajstić information content (AvgIpc) is 3.23. The van der Waals surface area contributed by atoms with Gasteiger partial charge in [0.15, 0.2) is 0 Å². The highest BCUT2D eigenvalue weighted by atomic mass is 16.2. The number of carbonyl (C=O) groups excluding carboxylic acids is 1. The van der Waals surface area contributed by atoms with Crippen LogP contribution in [0.4, 0.5) is 0 Å². The Bertz CT molecular complexity index is 768. The fourth-order valence-electron chi connectivity index (χ4n) is 4.38. The fraction of sp³-hybridized carbons (Fsp3) is 0.579. The molecule has 2 aliphatic rings. The molecule has 1 aromatic heterocycles. The van der Waals surface area contributed by atoms with E-state index in [0.29, 0.717) is 5.91 Å². The molecule has 1 amide bonds. The Labute approximate surface area is 143 Å². The summed E-state index contributed by atoms with van der Waals surface area (Å²) >= 11 is 0. The summed E-state index contributed by atoms with van der Waals surface area (Å²) in [5.41, 5.74) is 2.10. The van der Waals surface area contributed by atoms with Crippen LogP contribution in [0.25, 0.3) is 11.0 Å². The van der Waals surface area contributed by atoms with Crippen molar-refractivity contribution in [2.45, 2.75) is 32.7 Å². The van der Waals surface area contributed by atoms with Gasteiger partial charge in [-0.3, -0.25) is 9.69 Å². The maximum Gasteiger partial charge on any atom is 0.230 e. The van der Waals surface area contributed by atoms with E-state index >= 15 is 0 Å². The molecule has 2 saturated heterocycles. The highest BCUT2D eigenvalue weighted by molar-refractivity contribution is 5.85. The molecule has 1 unspecified atom stereocenters. The van der Waals surface area contributed by atoms with Gasteiger partial charge in [0.05, 0.1) is 23.0 Å². The molecule has 24 heavy (non-hydrogen) atoms. The molecule has 5 nitrogen and oxygen atoms in total. The number of amides is 1. The number of nitrogens with zero attached hydrogens (tertiary/aromatic N) is 4. The number of aryl methyl sites for hydroxylation is 1. The van der Waals surface area contributed by atoms with Crippen LogP contribution in [0.3, 0.4) is 0 Å². The summed E-state index contributed by atoms with van der Waals surface area (Å²) in [5, 5.41) is 0. The Kier molecular flexibility index (Phi) is 3.83. The van der Waals surface area contributed by atoms with E-state index in [9.17, 15) is 4.79 Å². The summed E-state index contributed by atoms with van der Waals surface area (Å²) in [6.45, 7) is 6.70. The van der Waals surface area contributed by atoms with E-state index in [0.717, 1.165) is 63.3 Å². The zero-order valence-corrected chi connectivity index (χ0v) is 14.7. The van der Waals surface area contributed by atoms with Crippen molar-refractivity contribution in [3.05, 3.63) is 30.1 Å². The Morgan fingerprint density at radius 1 is 1.21 bits per heavy atom. The van der Waals surface area contributed by atoms with Gasteiger partial charge in [-0.1, -0.05) is 19.1 Å². The van der Waals surface area contributed by atoms with E-state index in [-0.39, 0.29) is 5.41 Å². The first-order valence-corrected chi connectivity index (χ1v) is 9.05. The molecule has 2 fully saturated rings. The molecule has 5 heteroatoms. The van der Waals surface area contributed by atoms with Crippen LogP contribution in [0.1, 0.15) is 32.0 Å². The predicted molar refractivity (Wildman–Crippen MR) is 94.5 cm³/mol. The van der Waals surface area contributed by atoms with Crippen LogP contribution in [-0.4, -0.2) is 51.4 Å². The molecule has 1 spiro atoms. The van der Waals surface area contributed by atoms with Crippen LogP contribution < -0.4 is 0 Å². The normalized spacial score (nSPS) is 24.8. The quantitative estimate of drug-likeness (QED) is 0.866. The maximum atomic E-state index is 12.8. The van der Waals surface area contributed by atoms with E-state index in [1.54, 1.807) is 0 Å². The van der Waals surface area contributed by atoms with E-state index in [1.165, 1.54) is 5.52 Å². The number of rotatable bonds is 4. The number of imidazole rings is 1. The Morgan fingerprint density at radius 2 is 2.00 bits per heavy atom. The number of fused-ring (bicyclic) bond motifs is 1. The number of hydrogen-bond acceptors (Lipinski definition) is 3. The summed E-state index contributed by atoms with van der Waals surface area (Å²) in [4.78, 5) is 22.1. The minimum absolute atomic E-state index is 0.125. The molecule has 0 N–H and O–H groups in total. The van der Waals surface area contributed by atoms with Gasteiger partial charge in [-0.25, -0.2) is 4.98 Å². The molecule has 0 saturated carbocycles. The van der Waals surface area contributed by atoms with Gasteiger partial charge in [0, 0.05) is 26.7 Å². The SMILES string of the molecule is CCCN1CCC2(CCN(Cc3nc4ccccc4n3C)C2)C1=O. The highest BCUT2D eigenvalue weighted by Crippen LogP contribution is 2.41. The Morgan fingerprint density at radius 3 is 2.79 bits per heavy atom. The van der Waals surface area contributed by atoms with Crippen molar-refractivity contribution >= 4 is 16.9 Å². The number of aromatic nitrogens is 2. The lowest BCUT2D eigenvalue weighted by Gasteiger charge is -2.23. The van der Waals surface area contributed by atoms with Crippen LogP contribution in [0.5, 0.6) is 0 Å². The molecule has 4 rings (SSSR count). The Balaban J connectivity index is 1.49. The first-order chi connectivity index (χ1) is 11.6. The van der Waals surface area contributed by atoms with Crippen molar-refractivity contribution in [3.8, 4) is 0 Å². The lowest BCUT2D eigenvalue weighted by Crippen LogP contribution is -2.37. The lowest BCUT2D eigenvalue weighted by atomic mass is 9.85. The summed E-state index contributed by atoms with van der Waals surface area (Å²) in [6, 6.07) is 8.26. The summed E-state index contributed by atoms with van der Waals surface area (Å²) < 4.78 is 2.18. The molecular formula is C19H26N4O. The van der Waals surface area contributed by atoms with Crippen molar-refractivity contribution in [3.63, 3.8) is 0 Å². The van der Waals surface area contributed by atoms with Crippen molar-refractivity contribution in [2.75, 3.05) is 26.2 Å². The molecule has 128 valence electrons. The van der Waals surface area contributed by atoms with E-state index in [2.05, 4.69) is 46.5 Å². The van der Waals surface area contributed by atoms with Crippen molar-refractivity contribution in [2.24, 2.45) is 12.5 Å². The first kappa shape index (κ1) is 15.6. The number of para-hydroxylation sites is 2. The standard InChI is InChI=1S/C19H26N4O/c1-3-10-23-12-9-19(18(23)24)8-11-22(14-19)13-17-20-15-6-4-5-7-16(15)21(17)2/h4-7H,3,8-14H2,1-2H3. The van der Waals surface area contributed by atoms with Gasteiger partial charge in [-0.2, -0.15) is 0 Å². The van der Waals surface area contributed by atoms with Crippen LogP contribution in [0.15, 0.2) is 24.3 Å². The Hall–Kier alpha value is -1.88. The van der Waals surface area contributed by atoms with Gasteiger partial charge in [-0.15, -0.1) is 0 Å². The molecule has 2 aliphatic heterocycles. The molecular weight excluding hydrogens is 300 g/mol. The number of hydrogen-bond donors (Lipinski definition) is 0. The number of carbonyl (C=O) groups is 1. The van der Waals surface area contributed by atoms with Crippen LogP contribution >= 0.6 is 0 Å². The summed E-state index contributed by atoms with van der Waals surface area (Å²) in [6.07, 6.45) is 3.06. The van der Waals surface area contributed by atoms with Crippen LogP contribution in [0.2, 0.25) is 0 Å². The van der Waals surface area contributed by atoms with Gasteiger partial charge >= 0.3 is 0 Å². The molecule has 0 radical (unpaired) electrons. The maximum absolute atomic E-state index is 12.8. The summed E-state index contributed by atoms with van der Waals surface area (Å²) in [7, 11) is 2.08. The van der Waals surface area contributed by atoms with Crippen molar-refractivity contribution in [1.29, 1.82) is 0 Å². The molecule has 1 atom stereocenters. The minimum atomic E-state index is -0.125. The van der Waals surface area contributed by atoms with Gasteiger partial charge < -0.3 is 9.47 Å². The van der Waals surface area contributed by atoms with Crippen molar-refractivity contribution < 1.29 is 4.79 Å². The van der Waals surface area contributed by atoms with Gasteiger partial charge in [0.25, 0.3) is 0 Å². The van der Waals surface area contributed by atoms with Gasteiger partial charge in [0.2, 0.25) is 5.91 Å². The topological polar surface area (TPSA) is 41.4 Å². The third-order valence-corrected chi connectivity index (χ3v) is 5.77. The zero-order chi connectivity index (χ0) is 16.7. The second kappa shape index (κ2) is 5.88. The second-order valence-electron chi connectivity index (χ2n) is 7.36. The van der Waals surface area contributed by atoms with Crippen molar-refractivity contribution in [1.82, 2.24) is 19.4 Å². The van der Waals surface area contributed by atoms with Gasteiger partial charge in [-0.05, 0) is 37.9 Å².